The Kier molecular flexibility index (Phi) is 6.49. The van der Waals surface area contributed by atoms with E-state index in [1.807, 2.05) is 11.8 Å². The topological polar surface area (TPSA) is 49.9 Å². The van der Waals surface area contributed by atoms with Crippen molar-refractivity contribution in [2.45, 2.75) is 33.1 Å². The molecule has 1 heterocycles. The fraction of sp³-hybridized carbons (Fsp3) is 0.556. The van der Waals surface area contributed by atoms with Crippen LogP contribution in [0.3, 0.4) is 0 Å². The van der Waals surface area contributed by atoms with E-state index in [1.54, 1.807) is 30.2 Å². The molecule has 1 aromatic rings. The van der Waals surface area contributed by atoms with Crippen molar-refractivity contribution in [2.24, 2.45) is 5.92 Å². The van der Waals surface area contributed by atoms with Crippen LogP contribution in [0.4, 0.5) is 5.69 Å². The molecule has 0 aliphatic carbocycles. The predicted molar refractivity (Wildman–Crippen MR) is 95.6 cm³/mol. The zero-order valence-corrected chi connectivity index (χ0v) is 15.3. The van der Waals surface area contributed by atoms with Crippen molar-refractivity contribution in [3.63, 3.8) is 0 Å². The van der Waals surface area contributed by atoms with Crippen LogP contribution >= 0.6 is 11.6 Å². The Bertz CT molecular complexity index is 606. The van der Waals surface area contributed by atoms with Gasteiger partial charge >= 0.3 is 0 Å². The number of hydrogen-bond donors (Lipinski definition) is 0. The van der Waals surface area contributed by atoms with Gasteiger partial charge in [0, 0.05) is 31.1 Å². The van der Waals surface area contributed by atoms with E-state index in [2.05, 4.69) is 6.92 Å². The maximum atomic E-state index is 12.7. The number of hydrogen-bond acceptors (Lipinski definition) is 3. The van der Waals surface area contributed by atoms with E-state index in [4.69, 9.17) is 16.3 Å². The Labute approximate surface area is 148 Å². The Morgan fingerprint density at radius 1 is 1.42 bits per heavy atom. The van der Waals surface area contributed by atoms with E-state index in [0.717, 1.165) is 19.4 Å². The summed E-state index contributed by atoms with van der Waals surface area (Å²) in [7, 11) is 1.56. The molecule has 2 amide bonds. The van der Waals surface area contributed by atoms with Crippen LogP contribution < -0.4 is 9.64 Å². The van der Waals surface area contributed by atoms with Crippen LogP contribution in [0.1, 0.15) is 33.1 Å². The standard InChI is InChI=1S/C18H25ClN2O3/c1-4-6-9-20(5-2)18(23)13-10-17(22)21(12-13)15-11-14(19)7-8-16(15)24-3/h7-8,11,13H,4-6,9-10,12H2,1-3H3. The number of rotatable bonds is 7. The molecule has 1 fully saturated rings. The van der Waals surface area contributed by atoms with Gasteiger partial charge in [-0.2, -0.15) is 0 Å². The summed E-state index contributed by atoms with van der Waals surface area (Å²) in [5, 5.41) is 0.534. The van der Waals surface area contributed by atoms with Crippen LogP contribution in [0.2, 0.25) is 5.02 Å². The van der Waals surface area contributed by atoms with Gasteiger partial charge in [0.1, 0.15) is 5.75 Å². The lowest BCUT2D eigenvalue weighted by Crippen LogP contribution is -2.38. The first-order valence-corrected chi connectivity index (χ1v) is 8.82. The van der Waals surface area contributed by atoms with E-state index >= 15 is 0 Å². The van der Waals surface area contributed by atoms with Crippen molar-refractivity contribution in [1.82, 2.24) is 4.90 Å². The van der Waals surface area contributed by atoms with Crippen LogP contribution in [0.25, 0.3) is 0 Å². The van der Waals surface area contributed by atoms with Gasteiger partial charge in [-0.15, -0.1) is 0 Å². The molecule has 0 spiro atoms. The van der Waals surface area contributed by atoms with Crippen LogP contribution in [0, 0.1) is 5.92 Å². The summed E-state index contributed by atoms with van der Waals surface area (Å²) in [6.45, 7) is 5.87. The minimum Gasteiger partial charge on any atom is -0.495 e. The summed E-state index contributed by atoms with van der Waals surface area (Å²) in [6, 6.07) is 5.16. The average molecular weight is 353 g/mol. The van der Waals surface area contributed by atoms with Gasteiger partial charge in [0.15, 0.2) is 0 Å². The highest BCUT2D eigenvalue weighted by Crippen LogP contribution is 2.35. The number of amides is 2. The van der Waals surface area contributed by atoms with Gasteiger partial charge in [0.05, 0.1) is 18.7 Å². The summed E-state index contributed by atoms with van der Waals surface area (Å²) >= 11 is 6.06. The monoisotopic (exact) mass is 352 g/mol. The zero-order valence-electron chi connectivity index (χ0n) is 14.5. The average Bonchev–Trinajstić information content (AvgIpc) is 2.97. The third-order valence-corrected chi connectivity index (χ3v) is 4.62. The molecular formula is C18H25ClN2O3. The summed E-state index contributed by atoms with van der Waals surface area (Å²) < 4.78 is 5.33. The molecule has 0 radical (unpaired) electrons. The van der Waals surface area contributed by atoms with E-state index in [1.165, 1.54) is 0 Å². The van der Waals surface area contributed by atoms with Gasteiger partial charge in [-0.25, -0.2) is 0 Å². The first kappa shape index (κ1) is 18.6. The molecule has 0 bridgehead atoms. The lowest BCUT2D eigenvalue weighted by molar-refractivity contribution is -0.135. The van der Waals surface area contributed by atoms with Gasteiger partial charge in [0.2, 0.25) is 11.8 Å². The smallest absolute Gasteiger partial charge is 0.228 e. The van der Waals surface area contributed by atoms with Crippen molar-refractivity contribution < 1.29 is 14.3 Å². The van der Waals surface area contributed by atoms with Gasteiger partial charge in [0.25, 0.3) is 0 Å². The molecule has 1 unspecified atom stereocenters. The SMILES string of the molecule is CCCCN(CC)C(=O)C1CC(=O)N(c2cc(Cl)ccc2OC)C1. The molecule has 5 nitrogen and oxygen atoms in total. The van der Waals surface area contributed by atoms with Crippen LogP contribution in [-0.4, -0.2) is 43.5 Å². The number of halogens is 1. The van der Waals surface area contributed by atoms with Crippen molar-refractivity contribution in [3.05, 3.63) is 23.2 Å². The molecule has 2 rings (SSSR count). The molecule has 24 heavy (non-hydrogen) atoms. The fourth-order valence-corrected chi connectivity index (χ4v) is 3.18. The van der Waals surface area contributed by atoms with Gasteiger partial charge in [-0.05, 0) is 31.5 Å². The van der Waals surface area contributed by atoms with E-state index in [0.29, 0.717) is 29.5 Å². The Morgan fingerprint density at radius 3 is 2.79 bits per heavy atom. The summed E-state index contributed by atoms with van der Waals surface area (Å²) in [5.74, 6) is 0.264. The number of ether oxygens (including phenoxy) is 1. The molecule has 132 valence electrons. The lowest BCUT2D eigenvalue weighted by Gasteiger charge is -2.24. The van der Waals surface area contributed by atoms with Gasteiger partial charge in [-0.1, -0.05) is 24.9 Å². The Balaban J connectivity index is 2.16. The molecule has 0 N–H and O–H groups in total. The van der Waals surface area contributed by atoms with Crippen molar-refractivity contribution >= 4 is 29.1 Å². The largest absolute Gasteiger partial charge is 0.495 e. The number of methoxy groups -OCH3 is 1. The zero-order chi connectivity index (χ0) is 17.7. The minimum atomic E-state index is -0.307. The number of nitrogens with zero attached hydrogens (tertiary/aromatic N) is 2. The molecule has 0 saturated carbocycles. The van der Waals surface area contributed by atoms with Crippen LogP contribution in [0.15, 0.2) is 18.2 Å². The maximum absolute atomic E-state index is 12.7. The number of carbonyl (C=O) groups excluding carboxylic acids is 2. The summed E-state index contributed by atoms with van der Waals surface area (Å²) in [6.07, 6.45) is 2.25. The second-order valence-corrected chi connectivity index (χ2v) is 6.43. The van der Waals surface area contributed by atoms with Gasteiger partial charge in [-0.3, -0.25) is 9.59 Å². The molecular weight excluding hydrogens is 328 g/mol. The normalized spacial score (nSPS) is 17.2. The van der Waals surface area contributed by atoms with Crippen LogP contribution in [-0.2, 0) is 9.59 Å². The molecule has 1 saturated heterocycles. The Morgan fingerprint density at radius 2 is 2.17 bits per heavy atom. The number of anilines is 1. The third-order valence-electron chi connectivity index (χ3n) is 4.38. The molecule has 0 aromatic heterocycles. The number of unbranched alkanes of at least 4 members (excludes halogenated alkanes) is 1. The Hall–Kier alpha value is -1.75. The second kappa shape index (κ2) is 8.38. The second-order valence-electron chi connectivity index (χ2n) is 5.99. The highest BCUT2D eigenvalue weighted by molar-refractivity contribution is 6.31. The maximum Gasteiger partial charge on any atom is 0.228 e. The van der Waals surface area contributed by atoms with Crippen molar-refractivity contribution in [2.75, 3.05) is 31.6 Å². The highest BCUT2D eigenvalue weighted by atomic mass is 35.5. The first-order valence-electron chi connectivity index (χ1n) is 8.44. The molecule has 1 atom stereocenters. The summed E-state index contributed by atoms with van der Waals surface area (Å²) in [4.78, 5) is 28.6. The van der Waals surface area contributed by atoms with Crippen LogP contribution in [0.5, 0.6) is 5.75 Å². The van der Waals surface area contributed by atoms with Gasteiger partial charge < -0.3 is 14.5 Å². The summed E-state index contributed by atoms with van der Waals surface area (Å²) in [5.41, 5.74) is 0.627. The molecule has 6 heteroatoms. The predicted octanol–water partition coefficient (Wildman–Crippen LogP) is 3.35. The lowest BCUT2D eigenvalue weighted by atomic mass is 10.1. The van der Waals surface area contributed by atoms with E-state index < -0.39 is 0 Å². The molecule has 1 aromatic carbocycles. The number of carbonyl (C=O) groups is 2. The molecule has 1 aliphatic heterocycles. The number of benzene rings is 1. The fourth-order valence-electron chi connectivity index (χ4n) is 3.01. The highest BCUT2D eigenvalue weighted by Gasteiger charge is 2.37. The molecule has 1 aliphatic rings. The first-order chi connectivity index (χ1) is 11.5. The van der Waals surface area contributed by atoms with Crippen molar-refractivity contribution in [3.8, 4) is 5.75 Å². The van der Waals surface area contributed by atoms with E-state index in [9.17, 15) is 9.59 Å². The quantitative estimate of drug-likeness (QED) is 0.756. The van der Waals surface area contributed by atoms with E-state index in [-0.39, 0.29) is 24.2 Å². The van der Waals surface area contributed by atoms with Crippen molar-refractivity contribution in [1.29, 1.82) is 0 Å². The minimum absolute atomic E-state index is 0.0581. The third kappa shape index (κ3) is 4.01.